The lowest BCUT2D eigenvalue weighted by molar-refractivity contribution is -0.192. The van der Waals surface area contributed by atoms with Crippen LogP contribution in [0, 0.1) is 0 Å². The van der Waals surface area contributed by atoms with E-state index in [0.717, 1.165) is 49.0 Å². The molecule has 3 aromatic heterocycles. The number of carbonyl (C=O) groups excluding carboxylic acids is 1. The van der Waals surface area contributed by atoms with Crippen LogP contribution in [0.3, 0.4) is 0 Å². The van der Waals surface area contributed by atoms with Gasteiger partial charge in [-0.1, -0.05) is 0 Å². The van der Waals surface area contributed by atoms with Crippen molar-refractivity contribution in [3.8, 4) is 0 Å². The van der Waals surface area contributed by atoms with Gasteiger partial charge in [0.1, 0.15) is 11.4 Å². The number of aryl methyl sites for hydroxylation is 1. The Morgan fingerprint density at radius 3 is 2.53 bits per heavy atom. The summed E-state index contributed by atoms with van der Waals surface area (Å²) in [7, 11) is 1.36. The SMILES string of the molecule is Cn1cc(NC(=O)c2cnn3ccc(N4CC5CCC4CCN5)nc23)c(C(F)(F)F)n1.O=C(O)C(F)(F)F. The van der Waals surface area contributed by atoms with Crippen LogP contribution < -0.4 is 15.5 Å². The van der Waals surface area contributed by atoms with Gasteiger partial charge in [0.05, 0.1) is 11.9 Å². The first-order chi connectivity index (χ1) is 17.7. The molecule has 3 saturated heterocycles. The number of carboxylic acids is 1. The fourth-order valence-corrected chi connectivity index (χ4v) is 4.39. The van der Waals surface area contributed by atoms with E-state index in [9.17, 15) is 31.1 Å². The van der Waals surface area contributed by atoms with Gasteiger partial charge in [0, 0.05) is 38.1 Å². The zero-order valence-electron chi connectivity index (χ0n) is 19.7. The predicted molar refractivity (Wildman–Crippen MR) is 120 cm³/mol. The number of carboxylic acid groups (broad SMARTS) is 1. The third kappa shape index (κ3) is 5.81. The van der Waals surface area contributed by atoms with Gasteiger partial charge in [-0.25, -0.2) is 14.3 Å². The molecule has 17 heteroatoms. The Kier molecular flexibility index (Phi) is 7.22. The van der Waals surface area contributed by atoms with Gasteiger partial charge in [0.15, 0.2) is 11.3 Å². The van der Waals surface area contributed by atoms with E-state index in [-0.39, 0.29) is 5.56 Å². The lowest BCUT2D eigenvalue weighted by Crippen LogP contribution is -2.46. The zero-order chi connectivity index (χ0) is 27.8. The van der Waals surface area contributed by atoms with Crippen LogP contribution in [-0.4, -0.2) is 72.7 Å². The van der Waals surface area contributed by atoms with Crippen LogP contribution in [0.25, 0.3) is 5.65 Å². The monoisotopic (exact) mass is 548 g/mol. The number of fused-ring (bicyclic) bond motifs is 5. The Morgan fingerprint density at radius 2 is 1.87 bits per heavy atom. The largest absolute Gasteiger partial charge is 0.490 e. The smallest absolute Gasteiger partial charge is 0.475 e. The Balaban J connectivity index is 0.000000426. The van der Waals surface area contributed by atoms with E-state index in [2.05, 4.69) is 30.7 Å². The van der Waals surface area contributed by atoms with Crippen LogP contribution in [0.1, 0.15) is 35.3 Å². The van der Waals surface area contributed by atoms with Gasteiger partial charge < -0.3 is 20.6 Å². The van der Waals surface area contributed by atoms with Crippen LogP contribution in [0.2, 0.25) is 0 Å². The highest BCUT2D eigenvalue weighted by molar-refractivity contribution is 6.08. The molecular weight excluding hydrogens is 526 g/mol. The summed E-state index contributed by atoms with van der Waals surface area (Å²) in [6.07, 6.45) is -2.43. The number of piperidine rings is 1. The van der Waals surface area contributed by atoms with Crippen molar-refractivity contribution in [3.05, 3.63) is 35.9 Å². The quantitative estimate of drug-likeness (QED) is 0.426. The molecule has 6 heterocycles. The number of nitrogens with one attached hydrogen (secondary N) is 2. The van der Waals surface area contributed by atoms with E-state index in [0.29, 0.717) is 17.7 Å². The molecule has 6 rings (SSSR count). The Hall–Kier alpha value is -3.89. The van der Waals surface area contributed by atoms with Crippen molar-refractivity contribution >= 4 is 29.0 Å². The highest BCUT2D eigenvalue weighted by Crippen LogP contribution is 2.34. The standard InChI is InChI=1S/C19H21F3N8O.C2HF3O2/c1-28-10-14(16(27-28)19(20,21)22)25-18(31)13-8-24-30-7-5-15(26-17(13)30)29-9-11-2-3-12(29)4-6-23-11;3-2(4,5)1(6)7/h5,7-8,10-12,23H,2-4,6,9H2,1H3,(H,25,31);(H,6,7). The molecule has 3 fully saturated rings. The van der Waals surface area contributed by atoms with Crippen molar-refractivity contribution in [2.24, 2.45) is 7.05 Å². The van der Waals surface area contributed by atoms with Gasteiger partial charge >= 0.3 is 18.3 Å². The van der Waals surface area contributed by atoms with E-state index in [1.54, 1.807) is 6.20 Å². The molecule has 3 aliphatic heterocycles. The van der Waals surface area contributed by atoms with Gasteiger partial charge in [-0.3, -0.25) is 9.48 Å². The average molecular weight is 548 g/mol. The van der Waals surface area contributed by atoms with Crippen molar-refractivity contribution in [2.75, 3.05) is 23.3 Å². The van der Waals surface area contributed by atoms with Gasteiger partial charge in [-0.2, -0.15) is 36.5 Å². The number of rotatable bonds is 3. The number of anilines is 2. The molecule has 2 atom stereocenters. The molecule has 3 aromatic rings. The maximum Gasteiger partial charge on any atom is 0.490 e. The Bertz CT molecular complexity index is 1330. The highest BCUT2D eigenvalue weighted by atomic mass is 19.4. The second-order valence-electron chi connectivity index (χ2n) is 8.76. The fraction of sp³-hybridized carbons (Fsp3) is 0.476. The number of amides is 1. The first-order valence-electron chi connectivity index (χ1n) is 11.3. The molecule has 11 nitrogen and oxygen atoms in total. The van der Waals surface area contributed by atoms with E-state index in [1.807, 2.05) is 6.07 Å². The number of hydrogen-bond donors (Lipinski definition) is 3. The van der Waals surface area contributed by atoms with Crippen molar-refractivity contribution in [2.45, 2.75) is 43.7 Å². The maximum atomic E-state index is 13.2. The van der Waals surface area contributed by atoms with Gasteiger partial charge in [0.25, 0.3) is 5.91 Å². The molecule has 0 aromatic carbocycles. The second-order valence-corrected chi connectivity index (χ2v) is 8.76. The number of aromatic nitrogens is 5. The number of nitrogens with zero attached hydrogens (tertiary/aromatic N) is 6. The van der Waals surface area contributed by atoms with Gasteiger partial charge in [-0.15, -0.1) is 0 Å². The van der Waals surface area contributed by atoms with Crippen LogP contribution in [0.5, 0.6) is 0 Å². The lowest BCUT2D eigenvalue weighted by Gasteiger charge is -2.37. The third-order valence-electron chi connectivity index (χ3n) is 6.10. The first kappa shape index (κ1) is 27.2. The molecule has 0 radical (unpaired) electrons. The van der Waals surface area contributed by atoms with Crippen LogP contribution in [0.4, 0.5) is 37.8 Å². The topological polar surface area (TPSA) is 130 Å². The number of halogens is 6. The molecule has 2 bridgehead atoms. The fourth-order valence-electron chi connectivity index (χ4n) is 4.39. The Labute approximate surface area is 210 Å². The number of hydrogen-bond acceptors (Lipinski definition) is 7. The summed E-state index contributed by atoms with van der Waals surface area (Å²) >= 11 is 0. The lowest BCUT2D eigenvalue weighted by atomic mass is 9.99. The van der Waals surface area contributed by atoms with Gasteiger partial charge in [0.2, 0.25) is 0 Å². The highest BCUT2D eigenvalue weighted by Gasteiger charge is 2.39. The van der Waals surface area contributed by atoms with E-state index in [1.165, 1.54) is 17.8 Å². The number of aliphatic carboxylic acids is 1. The molecule has 2 unspecified atom stereocenters. The summed E-state index contributed by atoms with van der Waals surface area (Å²) < 4.78 is 73.8. The predicted octanol–water partition coefficient (Wildman–Crippen LogP) is 2.70. The van der Waals surface area contributed by atoms with Crippen LogP contribution >= 0.6 is 0 Å². The normalized spacial score (nSPS) is 19.6. The molecular formula is C21H22F6N8O3. The molecule has 0 spiro atoms. The van der Waals surface area contributed by atoms with Crippen LogP contribution in [0.15, 0.2) is 24.7 Å². The summed E-state index contributed by atoms with van der Waals surface area (Å²) in [5.74, 6) is -2.75. The molecule has 0 saturated carbocycles. The summed E-state index contributed by atoms with van der Waals surface area (Å²) in [6.45, 7) is 1.79. The number of alkyl halides is 6. The van der Waals surface area contributed by atoms with E-state index < -0.39 is 35.6 Å². The molecule has 1 amide bonds. The summed E-state index contributed by atoms with van der Waals surface area (Å²) in [5, 5.41) is 20.5. The minimum atomic E-state index is -5.08. The Morgan fingerprint density at radius 1 is 1.16 bits per heavy atom. The zero-order valence-corrected chi connectivity index (χ0v) is 19.7. The molecule has 38 heavy (non-hydrogen) atoms. The summed E-state index contributed by atoms with van der Waals surface area (Å²) in [4.78, 5) is 28.6. The summed E-state index contributed by atoms with van der Waals surface area (Å²) in [6, 6.07) is 2.62. The molecule has 3 aliphatic rings. The second kappa shape index (κ2) is 10.1. The molecule has 206 valence electrons. The molecule has 3 N–H and O–H groups in total. The van der Waals surface area contributed by atoms with Crippen molar-refractivity contribution in [1.82, 2.24) is 29.7 Å². The van der Waals surface area contributed by atoms with Crippen molar-refractivity contribution < 1.29 is 41.0 Å². The van der Waals surface area contributed by atoms with Crippen molar-refractivity contribution in [3.63, 3.8) is 0 Å². The third-order valence-corrected chi connectivity index (χ3v) is 6.10. The molecule has 0 aliphatic carbocycles. The van der Waals surface area contributed by atoms with E-state index >= 15 is 0 Å². The van der Waals surface area contributed by atoms with E-state index in [4.69, 9.17) is 9.90 Å². The summed E-state index contributed by atoms with van der Waals surface area (Å²) in [5.41, 5.74) is -1.18. The number of carbonyl (C=O) groups is 2. The average Bonchev–Trinajstić information content (AvgIpc) is 3.26. The van der Waals surface area contributed by atoms with Crippen molar-refractivity contribution in [1.29, 1.82) is 0 Å². The van der Waals surface area contributed by atoms with Gasteiger partial charge in [-0.05, 0) is 31.9 Å². The minimum Gasteiger partial charge on any atom is -0.475 e. The minimum absolute atomic E-state index is 0.0944. The van der Waals surface area contributed by atoms with Crippen LogP contribution in [-0.2, 0) is 18.0 Å². The maximum absolute atomic E-state index is 13.2. The first-order valence-corrected chi connectivity index (χ1v) is 11.3.